The SMILES string of the molecule is C=C1CCC(N2C(=O)c3cccc4c(Oc5cnn(C6CCN(C(=O)OC(C)(C)C)CC6)c5)ncc2c34)C(=O)N1. The number of anilines is 1. The van der Waals surface area contributed by atoms with Crippen molar-refractivity contribution in [2.75, 3.05) is 18.0 Å². The molecule has 5 heterocycles. The number of carbonyl (C=O) groups is 3. The summed E-state index contributed by atoms with van der Waals surface area (Å²) in [4.78, 5) is 46.3. The van der Waals surface area contributed by atoms with Gasteiger partial charge in [-0.2, -0.15) is 5.10 Å². The van der Waals surface area contributed by atoms with Gasteiger partial charge in [-0.15, -0.1) is 0 Å². The van der Waals surface area contributed by atoms with Crippen molar-refractivity contribution in [3.8, 4) is 11.6 Å². The van der Waals surface area contributed by atoms with E-state index in [1.54, 1.807) is 29.4 Å². The highest BCUT2D eigenvalue weighted by molar-refractivity contribution is 6.27. The molecule has 11 heteroatoms. The third-order valence-electron chi connectivity index (χ3n) is 7.48. The number of pyridine rings is 1. The molecule has 0 spiro atoms. The first-order chi connectivity index (χ1) is 19.1. The van der Waals surface area contributed by atoms with Gasteiger partial charge in [0, 0.05) is 29.6 Å². The molecule has 1 aromatic carbocycles. The monoisotopic (exact) mass is 544 g/mol. The zero-order valence-corrected chi connectivity index (χ0v) is 22.8. The van der Waals surface area contributed by atoms with Crippen LogP contribution in [0.25, 0.3) is 10.8 Å². The Morgan fingerprint density at radius 3 is 2.62 bits per heavy atom. The van der Waals surface area contributed by atoms with Crippen molar-refractivity contribution in [1.29, 1.82) is 0 Å². The third-order valence-corrected chi connectivity index (χ3v) is 7.48. The second-order valence-electron chi connectivity index (χ2n) is 11.5. The Labute approximate surface area is 231 Å². The van der Waals surface area contributed by atoms with E-state index in [1.807, 2.05) is 37.7 Å². The van der Waals surface area contributed by atoms with E-state index in [0.717, 1.165) is 18.2 Å². The summed E-state index contributed by atoms with van der Waals surface area (Å²) in [6.45, 7) is 10.6. The molecule has 6 rings (SSSR count). The van der Waals surface area contributed by atoms with Gasteiger partial charge in [-0.05, 0) is 58.6 Å². The second kappa shape index (κ2) is 9.65. The number of nitrogens with one attached hydrogen (secondary N) is 1. The van der Waals surface area contributed by atoms with Crippen molar-refractivity contribution in [1.82, 2.24) is 25.0 Å². The van der Waals surface area contributed by atoms with E-state index >= 15 is 0 Å². The van der Waals surface area contributed by atoms with Crippen LogP contribution in [0.1, 0.15) is 62.9 Å². The van der Waals surface area contributed by atoms with Gasteiger partial charge < -0.3 is 19.7 Å². The average Bonchev–Trinajstić information content (AvgIpc) is 3.49. The number of amides is 3. The smallest absolute Gasteiger partial charge is 0.410 e. The molecule has 1 unspecified atom stereocenters. The summed E-state index contributed by atoms with van der Waals surface area (Å²) in [6.07, 6.45) is 7.38. The number of aromatic nitrogens is 3. The standard InChI is InChI=1S/C29H32N6O5/c1-17-8-9-22(25(36)32-17)35-23-15-30-26(20-6-5-7-21(24(20)23)27(35)37)39-19-14-31-34(16-19)18-10-12-33(13-11-18)28(38)40-29(2,3)4/h5-7,14-16,18,22H,1,8-13H2,2-4H3,(H,32,36). The van der Waals surface area contributed by atoms with Gasteiger partial charge in [-0.1, -0.05) is 12.6 Å². The predicted octanol–water partition coefficient (Wildman–Crippen LogP) is 4.55. The van der Waals surface area contributed by atoms with Crippen LogP contribution in [0, 0.1) is 0 Å². The summed E-state index contributed by atoms with van der Waals surface area (Å²) < 4.78 is 13.5. The number of likely N-dealkylation sites (tertiary alicyclic amines) is 1. The molecular formula is C29H32N6O5. The van der Waals surface area contributed by atoms with Crippen molar-refractivity contribution in [2.24, 2.45) is 0 Å². The summed E-state index contributed by atoms with van der Waals surface area (Å²) in [5, 5.41) is 8.68. The van der Waals surface area contributed by atoms with Gasteiger partial charge in [0.05, 0.1) is 35.9 Å². The predicted molar refractivity (Wildman–Crippen MR) is 147 cm³/mol. The number of carbonyl (C=O) groups excluding carboxylic acids is 3. The molecule has 0 radical (unpaired) electrons. The molecule has 2 saturated heterocycles. The topological polar surface area (TPSA) is 119 Å². The van der Waals surface area contributed by atoms with Crippen LogP contribution < -0.4 is 15.0 Å². The Morgan fingerprint density at radius 2 is 1.90 bits per heavy atom. The van der Waals surface area contributed by atoms with Crippen LogP contribution in [0.2, 0.25) is 0 Å². The second-order valence-corrected chi connectivity index (χ2v) is 11.5. The summed E-state index contributed by atoms with van der Waals surface area (Å²) >= 11 is 0. The zero-order chi connectivity index (χ0) is 28.2. The third kappa shape index (κ3) is 4.65. The molecule has 3 amide bonds. The van der Waals surface area contributed by atoms with E-state index < -0.39 is 11.6 Å². The molecule has 2 aromatic heterocycles. The lowest BCUT2D eigenvalue weighted by Gasteiger charge is -2.33. The molecule has 3 aliphatic rings. The van der Waals surface area contributed by atoms with Crippen molar-refractivity contribution >= 4 is 34.4 Å². The summed E-state index contributed by atoms with van der Waals surface area (Å²) in [5.41, 5.74) is 1.25. The minimum atomic E-state index is -0.623. The van der Waals surface area contributed by atoms with Gasteiger partial charge in [0.15, 0.2) is 5.75 Å². The van der Waals surface area contributed by atoms with Crippen LogP contribution in [0.5, 0.6) is 11.6 Å². The maximum absolute atomic E-state index is 13.4. The van der Waals surface area contributed by atoms with Gasteiger partial charge in [0.2, 0.25) is 11.8 Å². The minimum absolute atomic E-state index is 0.126. The molecule has 1 N–H and O–H groups in total. The molecule has 0 bridgehead atoms. The Kier molecular flexibility index (Phi) is 6.24. The summed E-state index contributed by atoms with van der Waals surface area (Å²) in [7, 11) is 0. The van der Waals surface area contributed by atoms with Gasteiger partial charge in [0.25, 0.3) is 5.91 Å². The first-order valence-corrected chi connectivity index (χ1v) is 13.5. The van der Waals surface area contributed by atoms with Crippen LogP contribution in [0.3, 0.4) is 0 Å². The van der Waals surface area contributed by atoms with Gasteiger partial charge in [0.1, 0.15) is 11.6 Å². The largest absolute Gasteiger partial charge is 0.444 e. The quantitative estimate of drug-likeness (QED) is 0.512. The summed E-state index contributed by atoms with van der Waals surface area (Å²) in [6, 6.07) is 4.92. The van der Waals surface area contributed by atoms with Gasteiger partial charge in [-0.3, -0.25) is 19.2 Å². The normalized spacial score (nSPS) is 19.8. The fraction of sp³-hybridized carbons (Fsp3) is 0.414. The van der Waals surface area contributed by atoms with E-state index in [2.05, 4.69) is 22.0 Å². The lowest BCUT2D eigenvalue weighted by atomic mass is 10.0. The van der Waals surface area contributed by atoms with E-state index in [9.17, 15) is 14.4 Å². The van der Waals surface area contributed by atoms with Crippen LogP contribution in [-0.2, 0) is 9.53 Å². The van der Waals surface area contributed by atoms with Crippen LogP contribution in [0.15, 0.2) is 49.1 Å². The molecule has 208 valence electrons. The van der Waals surface area contributed by atoms with Gasteiger partial charge in [-0.25, -0.2) is 9.78 Å². The van der Waals surface area contributed by atoms with E-state index in [1.165, 1.54) is 4.90 Å². The van der Waals surface area contributed by atoms with E-state index in [0.29, 0.717) is 59.9 Å². The highest BCUT2D eigenvalue weighted by Crippen LogP contribution is 2.43. The van der Waals surface area contributed by atoms with E-state index in [4.69, 9.17) is 9.47 Å². The number of ether oxygens (including phenoxy) is 2. The summed E-state index contributed by atoms with van der Waals surface area (Å²) in [5.74, 6) is 0.415. The maximum atomic E-state index is 13.4. The number of piperidine rings is 2. The molecule has 1 atom stereocenters. The number of benzene rings is 1. The molecular weight excluding hydrogens is 512 g/mol. The Balaban J connectivity index is 1.19. The highest BCUT2D eigenvalue weighted by atomic mass is 16.6. The molecule has 40 heavy (non-hydrogen) atoms. The molecule has 0 aliphatic carbocycles. The molecule has 0 saturated carbocycles. The van der Waals surface area contributed by atoms with Crippen molar-refractivity contribution in [2.45, 2.75) is 64.1 Å². The lowest BCUT2D eigenvalue weighted by Crippen LogP contribution is -2.51. The van der Waals surface area contributed by atoms with Crippen molar-refractivity contribution < 1.29 is 23.9 Å². The Morgan fingerprint density at radius 1 is 1.12 bits per heavy atom. The van der Waals surface area contributed by atoms with Gasteiger partial charge >= 0.3 is 6.09 Å². The molecule has 3 aliphatic heterocycles. The van der Waals surface area contributed by atoms with Crippen LogP contribution >= 0.6 is 0 Å². The van der Waals surface area contributed by atoms with Crippen LogP contribution in [-0.4, -0.2) is 62.3 Å². The van der Waals surface area contributed by atoms with Crippen molar-refractivity contribution in [3.05, 3.63) is 54.6 Å². The fourth-order valence-corrected chi connectivity index (χ4v) is 5.58. The number of hydrogen-bond donors (Lipinski definition) is 1. The van der Waals surface area contributed by atoms with Crippen molar-refractivity contribution in [3.63, 3.8) is 0 Å². The Bertz CT molecular complexity index is 1530. The average molecular weight is 545 g/mol. The molecule has 2 fully saturated rings. The number of nitrogens with zero attached hydrogens (tertiary/aromatic N) is 5. The number of allylic oxidation sites excluding steroid dienone is 1. The lowest BCUT2D eigenvalue weighted by molar-refractivity contribution is -0.122. The molecule has 3 aromatic rings. The molecule has 11 nitrogen and oxygen atoms in total. The first-order valence-electron chi connectivity index (χ1n) is 13.5. The highest BCUT2D eigenvalue weighted by Gasteiger charge is 2.40. The minimum Gasteiger partial charge on any atom is -0.444 e. The fourth-order valence-electron chi connectivity index (χ4n) is 5.58. The number of hydrogen-bond acceptors (Lipinski definition) is 7. The van der Waals surface area contributed by atoms with E-state index in [-0.39, 0.29) is 23.9 Å². The zero-order valence-electron chi connectivity index (χ0n) is 22.8. The Hall–Kier alpha value is -4.41. The maximum Gasteiger partial charge on any atom is 0.410 e. The van der Waals surface area contributed by atoms with Crippen LogP contribution in [0.4, 0.5) is 10.5 Å². The first kappa shape index (κ1) is 25.8. The number of rotatable bonds is 4.